The van der Waals surface area contributed by atoms with Crippen molar-refractivity contribution in [3.8, 4) is 0 Å². The molecule has 0 heterocycles. The predicted octanol–water partition coefficient (Wildman–Crippen LogP) is 1.43. The van der Waals surface area contributed by atoms with Crippen LogP contribution in [0.2, 0.25) is 0 Å². The molecule has 0 aliphatic rings. The van der Waals surface area contributed by atoms with Crippen molar-refractivity contribution in [1.82, 2.24) is 5.32 Å². The van der Waals surface area contributed by atoms with E-state index in [-0.39, 0.29) is 0 Å². The first-order valence-corrected chi connectivity index (χ1v) is 5.03. The smallest absolute Gasteiger partial charge is 0.0543 e. The van der Waals surface area contributed by atoms with E-state index in [1.807, 2.05) is 0 Å². The van der Waals surface area contributed by atoms with E-state index in [9.17, 15) is 0 Å². The van der Waals surface area contributed by atoms with Crippen LogP contribution in [-0.2, 0) is 9.47 Å². The Morgan fingerprint density at radius 1 is 1.15 bits per heavy atom. The monoisotopic (exact) mass is 189 g/mol. The molecular weight excluding hydrogens is 166 g/mol. The molecule has 1 N–H and O–H groups in total. The van der Waals surface area contributed by atoms with Crippen molar-refractivity contribution in [3.63, 3.8) is 0 Å². The van der Waals surface area contributed by atoms with Gasteiger partial charge in [-0.2, -0.15) is 0 Å². The van der Waals surface area contributed by atoms with Crippen LogP contribution in [0.3, 0.4) is 0 Å². The van der Waals surface area contributed by atoms with E-state index in [2.05, 4.69) is 12.2 Å². The molecule has 0 radical (unpaired) electrons. The quantitative estimate of drug-likeness (QED) is 0.557. The Hall–Kier alpha value is -0.120. The zero-order valence-electron chi connectivity index (χ0n) is 9.14. The van der Waals surface area contributed by atoms with Gasteiger partial charge in [-0.3, -0.25) is 0 Å². The fourth-order valence-electron chi connectivity index (χ4n) is 1.10. The summed E-state index contributed by atoms with van der Waals surface area (Å²) in [7, 11) is 3.50. The summed E-state index contributed by atoms with van der Waals surface area (Å²) in [4.78, 5) is 0. The maximum atomic E-state index is 5.15. The van der Waals surface area contributed by atoms with Gasteiger partial charge in [0.1, 0.15) is 0 Å². The average Bonchev–Trinajstić information content (AvgIpc) is 2.16. The van der Waals surface area contributed by atoms with Gasteiger partial charge in [0, 0.05) is 20.8 Å². The Kier molecular flexibility index (Phi) is 9.87. The summed E-state index contributed by atoms with van der Waals surface area (Å²) < 4.78 is 10.1. The molecule has 3 heteroatoms. The van der Waals surface area contributed by atoms with Crippen molar-refractivity contribution in [2.75, 3.05) is 33.9 Å². The molecular formula is C10H23NO2. The van der Waals surface area contributed by atoms with Gasteiger partial charge in [0.25, 0.3) is 0 Å². The summed E-state index contributed by atoms with van der Waals surface area (Å²) in [6, 6.07) is 0. The van der Waals surface area contributed by atoms with Crippen molar-refractivity contribution in [3.05, 3.63) is 0 Å². The van der Waals surface area contributed by atoms with Gasteiger partial charge >= 0.3 is 0 Å². The second kappa shape index (κ2) is 9.96. The minimum absolute atomic E-state index is 0.390. The zero-order chi connectivity index (χ0) is 9.94. The molecule has 13 heavy (non-hydrogen) atoms. The van der Waals surface area contributed by atoms with Gasteiger partial charge in [0.2, 0.25) is 0 Å². The number of ether oxygens (including phenoxy) is 2. The molecule has 3 nitrogen and oxygen atoms in total. The van der Waals surface area contributed by atoms with Gasteiger partial charge in [-0.25, -0.2) is 0 Å². The van der Waals surface area contributed by atoms with E-state index < -0.39 is 0 Å². The van der Waals surface area contributed by atoms with Gasteiger partial charge in [-0.1, -0.05) is 0 Å². The number of hydrogen-bond donors (Lipinski definition) is 1. The standard InChI is InChI=1S/C10H23NO2/c1-10(13-3)6-4-7-11-8-5-9-12-2/h10-11H,4-9H2,1-3H3. The van der Waals surface area contributed by atoms with Gasteiger partial charge < -0.3 is 14.8 Å². The fraction of sp³-hybridized carbons (Fsp3) is 1.00. The van der Waals surface area contributed by atoms with E-state index in [0.717, 1.165) is 32.5 Å². The fourth-order valence-corrected chi connectivity index (χ4v) is 1.10. The molecule has 0 saturated heterocycles. The highest BCUT2D eigenvalue weighted by atomic mass is 16.5. The summed E-state index contributed by atoms with van der Waals surface area (Å²) in [5, 5.41) is 3.36. The van der Waals surface area contributed by atoms with Crippen LogP contribution in [0, 0.1) is 0 Å². The van der Waals surface area contributed by atoms with E-state index >= 15 is 0 Å². The van der Waals surface area contributed by atoms with E-state index in [0.29, 0.717) is 6.10 Å². The lowest BCUT2D eigenvalue weighted by Gasteiger charge is -2.09. The zero-order valence-corrected chi connectivity index (χ0v) is 9.14. The van der Waals surface area contributed by atoms with Crippen molar-refractivity contribution < 1.29 is 9.47 Å². The van der Waals surface area contributed by atoms with Crippen LogP contribution in [0.5, 0.6) is 0 Å². The van der Waals surface area contributed by atoms with Crippen molar-refractivity contribution >= 4 is 0 Å². The molecule has 0 saturated carbocycles. The number of rotatable bonds is 9. The Morgan fingerprint density at radius 2 is 1.85 bits per heavy atom. The highest BCUT2D eigenvalue weighted by Gasteiger charge is 1.97. The van der Waals surface area contributed by atoms with E-state index in [1.165, 1.54) is 6.42 Å². The minimum Gasteiger partial charge on any atom is -0.385 e. The first-order chi connectivity index (χ1) is 6.31. The second-order valence-corrected chi connectivity index (χ2v) is 3.28. The topological polar surface area (TPSA) is 30.5 Å². The largest absolute Gasteiger partial charge is 0.385 e. The molecule has 1 unspecified atom stereocenters. The van der Waals surface area contributed by atoms with Crippen LogP contribution in [0.4, 0.5) is 0 Å². The lowest BCUT2D eigenvalue weighted by molar-refractivity contribution is 0.109. The molecule has 0 rings (SSSR count). The Labute approximate surface area is 81.8 Å². The molecule has 0 spiro atoms. The first kappa shape index (κ1) is 12.9. The Bertz CT molecular complexity index is 98.9. The van der Waals surface area contributed by atoms with Gasteiger partial charge in [-0.15, -0.1) is 0 Å². The third-order valence-corrected chi connectivity index (χ3v) is 2.07. The maximum Gasteiger partial charge on any atom is 0.0543 e. The highest BCUT2D eigenvalue weighted by Crippen LogP contribution is 1.98. The molecule has 0 aromatic carbocycles. The summed E-state index contributed by atoms with van der Waals surface area (Å²) in [5.41, 5.74) is 0. The molecule has 0 bridgehead atoms. The molecule has 0 aromatic heterocycles. The van der Waals surface area contributed by atoms with Gasteiger partial charge in [-0.05, 0) is 39.3 Å². The lowest BCUT2D eigenvalue weighted by Crippen LogP contribution is -2.19. The van der Waals surface area contributed by atoms with Crippen molar-refractivity contribution in [2.24, 2.45) is 0 Å². The summed E-state index contributed by atoms with van der Waals surface area (Å²) >= 11 is 0. The van der Waals surface area contributed by atoms with Gasteiger partial charge in [0.15, 0.2) is 0 Å². The van der Waals surface area contributed by atoms with E-state index in [4.69, 9.17) is 9.47 Å². The van der Waals surface area contributed by atoms with E-state index in [1.54, 1.807) is 14.2 Å². The van der Waals surface area contributed by atoms with Gasteiger partial charge in [0.05, 0.1) is 6.10 Å². The molecule has 0 aliphatic heterocycles. The van der Waals surface area contributed by atoms with Crippen molar-refractivity contribution in [1.29, 1.82) is 0 Å². The predicted molar refractivity (Wildman–Crippen MR) is 55.1 cm³/mol. The molecule has 0 fully saturated rings. The molecule has 0 aromatic rings. The van der Waals surface area contributed by atoms with Crippen LogP contribution in [-0.4, -0.2) is 40.0 Å². The minimum atomic E-state index is 0.390. The summed E-state index contributed by atoms with van der Waals surface area (Å²) in [6.45, 7) is 5.08. The SMILES string of the molecule is COCCCNCCCC(C)OC. The van der Waals surface area contributed by atoms with Crippen LogP contribution in [0.25, 0.3) is 0 Å². The summed E-state index contributed by atoms with van der Waals surface area (Å²) in [6.07, 6.45) is 3.80. The average molecular weight is 189 g/mol. The molecule has 0 amide bonds. The number of methoxy groups -OCH3 is 2. The maximum absolute atomic E-state index is 5.15. The van der Waals surface area contributed by atoms with Crippen LogP contribution in [0.1, 0.15) is 26.2 Å². The first-order valence-electron chi connectivity index (χ1n) is 5.03. The van der Waals surface area contributed by atoms with Crippen LogP contribution in [0.15, 0.2) is 0 Å². The second-order valence-electron chi connectivity index (χ2n) is 3.28. The number of hydrogen-bond acceptors (Lipinski definition) is 3. The third-order valence-electron chi connectivity index (χ3n) is 2.07. The van der Waals surface area contributed by atoms with Crippen LogP contribution >= 0.6 is 0 Å². The van der Waals surface area contributed by atoms with Crippen molar-refractivity contribution in [2.45, 2.75) is 32.3 Å². The number of nitrogens with one attached hydrogen (secondary N) is 1. The Morgan fingerprint density at radius 3 is 2.46 bits per heavy atom. The Balaban J connectivity index is 2.91. The lowest BCUT2D eigenvalue weighted by atomic mass is 10.2. The molecule has 80 valence electrons. The molecule has 0 aliphatic carbocycles. The van der Waals surface area contributed by atoms with Crippen LogP contribution < -0.4 is 5.32 Å². The third kappa shape index (κ3) is 9.80. The normalized spacial score (nSPS) is 13.2. The summed E-state index contributed by atoms with van der Waals surface area (Å²) in [5.74, 6) is 0. The molecule has 1 atom stereocenters. The highest BCUT2D eigenvalue weighted by molar-refractivity contribution is 4.53.